The van der Waals surface area contributed by atoms with Crippen molar-refractivity contribution in [1.82, 2.24) is 14.5 Å². The van der Waals surface area contributed by atoms with Gasteiger partial charge in [-0.15, -0.1) is 29.3 Å². The van der Waals surface area contributed by atoms with E-state index in [1.807, 2.05) is 79.9 Å². The number of pyridine rings is 1. The van der Waals surface area contributed by atoms with E-state index in [2.05, 4.69) is 11.1 Å². The Labute approximate surface area is 292 Å². The summed E-state index contributed by atoms with van der Waals surface area (Å²) in [6.45, 7) is -4.61. The van der Waals surface area contributed by atoms with Gasteiger partial charge in [-0.25, -0.2) is 4.98 Å². The third kappa shape index (κ3) is 6.08. The van der Waals surface area contributed by atoms with Crippen LogP contribution in [0, 0.1) is 17.4 Å². The van der Waals surface area contributed by atoms with Crippen molar-refractivity contribution in [2.24, 2.45) is 0 Å². The first-order valence-electron chi connectivity index (χ1n) is 18.5. The van der Waals surface area contributed by atoms with Crippen molar-refractivity contribution in [1.29, 1.82) is 5.26 Å². The Bertz CT molecular complexity index is 2330. The molecule has 0 aliphatic rings. The van der Waals surface area contributed by atoms with Crippen molar-refractivity contribution < 1.29 is 38.5 Å². The fourth-order valence-corrected chi connectivity index (χ4v) is 5.35. The number of imidazole rings is 1. The monoisotopic (exact) mass is 779 g/mol. The van der Waals surface area contributed by atoms with E-state index in [0.29, 0.717) is 33.5 Å². The van der Waals surface area contributed by atoms with E-state index in [1.54, 1.807) is 18.2 Å². The van der Waals surface area contributed by atoms with Crippen LogP contribution in [0.15, 0.2) is 97.2 Å². The maximum Gasteiger partial charge on any atom is 0.148 e. The maximum atomic E-state index is 11.7. The van der Waals surface area contributed by atoms with Gasteiger partial charge in [0.2, 0.25) is 0 Å². The molecule has 0 amide bonds. The van der Waals surface area contributed by atoms with Gasteiger partial charge in [0.05, 0.1) is 22.2 Å². The topological polar surface area (TPSA) is 74.7 Å². The van der Waals surface area contributed by atoms with E-state index in [-0.39, 0.29) is 49.2 Å². The second kappa shape index (κ2) is 12.1. The van der Waals surface area contributed by atoms with Crippen molar-refractivity contribution in [3.05, 3.63) is 120 Å². The van der Waals surface area contributed by atoms with Crippen LogP contribution < -0.4 is 0 Å². The molecular formula is C39H35N4OPt-. The summed E-state index contributed by atoms with van der Waals surface area (Å²) in [5.41, 5.74) is -0.227. The number of hydrogen-bond donors (Lipinski definition) is 1. The van der Waals surface area contributed by atoms with E-state index in [0.717, 1.165) is 5.69 Å². The number of hydrogen-bond acceptors (Lipinski definition) is 4. The molecule has 2 aromatic heterocycles. The third-order valence-electron chi connectivity index (χ3n) is 7.55. The number of nitrogens with zero attached hydrogens (tertiary/aromatic N) is 4. The molecule has 0 aliphatic carbocycles. The zero-order valence-electron chi connectivity index (χ0n) is 33.8. The van der Waals surface area contributed by atoms with Gasteiger partial charge < -0.3 is 5.11 Å². The molecule has 0 saturated heterocycles. The minimum Gasteiger partial charge on any atom is -0.507 e. The Kier molecular flexibility index (Phi) is 5.94. The van der Waals surface area contributed by atoms with Crippen LogP contribution in [0.2, 0.25) is 0 Å². The Morgan fingerprint density at radius 3 is 2.22 bits per heavy atom. The maximum absolute atomic E-state index is 11.7. The molecule has 6 heteroatoms. The van der Waals surface area contributed by atoms with E-state index in [9.17, 15) is 10.4 Å². The molecular weight excluding hydrogens is 736 g/mol. The summed E-state index contributed by atoms with van der Waals surface area (Å²) < 4.78 is 77.8. The molecule has 0 saturated carbocycles. The van der Waals surface area contributed by atoms with Crippen molar-refractivity contribution in [2.75, 3.05) is 0 Å². The largest absolute Gasteiger partial charge is 0.507 e. The molecule has 4 aromatic carbocycles. The van der Waals surface area contributed by atoms with Crippen LogP contribution in [0.25, 0.3) is 50.5 Å². The van der Waals surface area contributed by atoms with Gasteiger partial charge in [0.15, 0.2) is 0 Å². The van der Waals surface area contributed by atoms with Gasteiger partial charge >= 0.3 is 0 Å². The molecule has 0 unspecified atom stereocenters. The fourth-order valence-electron chi connectivity index (χ4n) is 5.35. The zero-order valence-corrected chi connectivity index (χ0v) is 27.1. The minimum absolute atomic E-state index is 0. The van der Waals surface area contributed by atoms with Gasteiger partial charge in [0, 0.05) is 51.0 Å². The summed E-state index contributed by atoms with van der Waals surface area (Å²) in [6.07, 6.45) is 1.30. The second-order valence-electron chi connectivity index (χ2n) is 11.7. The van der Waals surface area contributed by atoms with E-state index in [1.165, 1.54) is 30.5 Å². The molecule has 6 aromatic rings. The molecule has 228 valence electrons. The van der Waals surface area contributed by atoms with Crippen molar-refractivity contribution in [3.8, 4) is 51.3 Å². The molecule has 0 spiro atoms. The summed E-state index contributed by atoms with van der Waals surface area (Å²) in [6, 6.07) is 30.8. The number of aromatic hydroxyl groups is 1. The van der Waals surface area contributed by atoms with Gasteiger partial charge in [-0.05, 0) is 46.7 Å². The zero-order chi connectivity index (χ0) is 38.7. The average Bonchev–Trinajstić information content (AvgIpc) is 3.46. The number of rotatable bonds is 4. The van der Waals surface area contributed by atoms with Crippen LogP contribution in [0.3, 0.4) is 0 Å². The van der Waals surface area contributed by atoms with Crippen LogP contribution in [-0.2, 0) is 31.9 Å². The molecule has 1 N–H and O–H groups in total. The van der Waals surface area contributed by atoms with Crippen LogP contribution >= 0.6 is 0 Å². The van der Waals surface area contributed by atoms with Crippen molar-refractivity contribution in [2.45, 2.75) is 52.2 Å². The van der Waals surface area contributed by atoms with Gasteiger partial charge in [-0.3, -0.25) is 9.55 Å². The van der Waals surface area contributed by atoms with Crippen molar-refractivity contribution >= 4 is 11.0 Å². The fraction of sp³-hybridized carbons (Fsp3) is 0.205. The molecule has 5 nitrogen and oxygen atoms in total. The summed E-state index contributed by atoms with van der Waals surface area (Å²) >= 11 is 0. The van der Waals surface area contributed by atoms with Gasteiger partial charge in [0.1, 0.15) is 17.6 Å². The molecule has 0 aliphatic heterocycles. The Morgan fingerprint density at radius 1 is 0.844 bits per heavy atom. The summed E-state index contributed by atoms with van der Waals surface area (Å²) in [5.74, 6) is 0.448. The van der Waals surface area contributed by atoms with E-state index < -0.39 is 36.9 Å². The van der Waals surface area contributed by atoms with Crippen LogP contribution in [0.5, 0.6) is 5.75 Å². The first-order valence-corrected chi connectivity index (χ1v) is 14.0. The number of para-hydroxylation sites is 3. The van der Waals surface area contributed by atoms with Gasteiger partial charge in [-0.1, -0.05) is 101 Å². The van der Waals surface area contributed by atoms with Gasteiger partial charge in [0.25, 0.3) is 0 Å². The standard InChI is InChI=1S/C39H35N4O.Pt/c1-38(2,3)28-21-26(20-27(22-28)33-19-18-25(23-40)24-41-33)30-14-11-17-34-35(30)42-37(43(34)29-12-8-7-9-13-29)31-15-10-16-32(36(31)44)39(4,5)6;/h7-19,21-22,24,44H,1-6H3;/q-1;/i1D3,2D3,3D3;. The molecule has 0 radical (unpaired) electrons. The number of nitriles is 1. The van der Waals surface area contributed by atoms with Crippen molar-refractivity contribution in [3.63, 3.8) is 0 Å². The molecule has 0 fully saturated rings. The Morgan fingerprint density at radius 2 is 1.56 bits per heavy atom. The average molecular weight is 780 g/mol. The first kappa shape index (κ1) is 22.1. The first-order chi connectivity index (χ1) is 24.7. The third-order valence-corrected chi connectivity index (χ3v) is 7.55. The molecule has 0 atom stereocenters. The van der Waals surface area contributed by atoms with Gasteiger partial charge in [-0.2, -0.15) is 5.26 Å². The summed E-state index contributed by atoms with van der Waals surface area (Å²) in [4.78, 5) is 9.42. The normalized spacial score (nSPS) is 15.5. The molecule has 45 heavy (non-hydrogen) atoms. The van der Waals surface area contributed by atoms with Crippen LogP contribution in [-0.4, -0.2) is 19.6 Å². The molecule has 2 heterocycles. The number of phenols is 1. The second-order valence-corrected chi connectivity index (χ2v) is 11.7. The smallest absolute Gasteiger partial charge is 0.148 e. The summed E-state index contributed by atoms with van der Waals surface area (Å²) in [5, 5.41) is 21.0. The number of aromatic nitrogens is 3. The van der Waals surface area contributed by atoms with Crippen LogP contribution in [0.1, 0.15) is 70.4 Å². The predicted octanol–water partition coefficient (Wildman–Crippen LogP) is 9.39. The SMILES string of the molecule is [2H]C([2H])([2H])C(c1cc(-c2ccc(C#N)cn2)[c-]c(-c2cccc3c2nc(-c2cccc(C(C)(C)C)c2O)n3-c2ccccc2)c1)(C([2H])([2H])[2H])C([2H])([2H])[2H].[Pt]. The number of phenolic OH excluding ortho intramolecular Hbond substituents is 1. The number of fused-ring (bicyclic) bond motifs is 1. The van der Waals surface area contributed by atoms with E-state index in [4.69, 9.17) is 17.3 Å². The number of benzene rings is 4. The molecule has 6 rings (SSSR count). The van der Waals surface area contributed by atoms with E-state index >= 15 is 0 Å². The Balaban J connectivity index is 0.00000561. The Hall–Kier alpha value is -4.52. The quantitative estimate of drug-likeness (QED) is 0.181. The van der Waals surface area contributed by atoms with Crippen LogP contribution in [0.4, 0.5) is 0 Å². The molecule has 0 bridgehead atoms. The minimum atomic E-state index is -3.53. The summed E-state index contributed by atoms with van der Waals surface area (Å²) in [7, 11) is 0. The predicted molar refractivity (Wildman–Crippen MR) is 178 cm³/mol.